The third-order valence-corrected chi connectivity index (χ3v) is 7.92. The van der Waals surface area contributed by atoms with Gasteiger partial charge in [-0.1, -0.05) is 47.5 Å². The number of nitrogens with zero attached hydrogens (tertiary/aromatic N) is 5. The smallest absolute Gasteiger partial charge is 0.337 e. The van der Waals surface area contributed by atoms with Crippen LogP contribution in [0.5, 0.6) is 0 Å². The van der Waals surface area contributed by atoms with Gasteiger partial charge >= 0.3 is 6.18 Å². The van der Waals surface area contributed by atoms with E-state index in [0.29, 0.717) is 16.8 Å². The lowest BCUT2D eigenvalue weighted by Gasteiger charge is -2.22. The molecule has 3 aromatic heterocycles. The van der Waals surface area contributed by atoms with Crippen LogP contribution in [-0.4, -0.2) is 37.7 Å². The average Bonchev–Trinajstić information content (AvgIpc) is 3.44. The third kappa shape index (κ3) is 5.61. The van der Waals surface area contributed by atoms with Crippen LogP contribution in [0.15, 0.2) is 60.8 Å². The van der Waals surface area contributed by atoms with Crippen molar-refractivity contribution in [2.24, 2.45) is 0 Å². The molecule has 14 heteroatoms. The normalized spacial score (nSPS) is 14.9. The van der Waals surface area contributed by atoms with Crippen LogP contribution >= 0.6 is 23.2 Å². The molecule has 0 aliphatic carbocycles. The lowest BCUT2D eigenvalue weighted by atomic mass is 10.0. The number of benzene rings is 2. The number of carbonyl (C=O) groups excluding carboxylic acids is 1. The van der Waals surface area contributed by atoms with E-state index in [1.165, 1.54) is 18.3 Å². The van der Waals surface area contributed by atoms with Gasteiger partial charge in [0.15, 0.2) is 11.5 Å². The summed E-state index contributed by atoms with van der Waals surface area (Å²) >= 11 is 13.5. The highest BCUT2D eigenvalue weighted by atomic mass is 35.5. The summed E-state index contributed by atoms with van der Waals surface area (Å²) in [5.74, 6) is -1.89. The number of hydrogen-bond acceptors (Lipinski definition) is 7. The van der Waals surface area contributed by atoms with Crippen LogP contribution in [0.1, 0.15) is 40.9 Å². The van der Waals surface area contributed by atoms with E-state index in [4.69, 9.17) is 23.2 Å². The number of nitrogens with one attached hydrogen (secondary N) is 3. The maximum atomic E-state index is 13.5. The molecule has 0 unspecified atom stereocenters. The Hall–Kier alpha value is -4.26. The fourth-order valence-corrected chi connectivity index (χ4v) is 5.61. The number of amides is 1. The second kappa shape index (κ2) is 11.4. The fourth-order valence-electron chi connectivity index (χ4n) is 5.06. The van der Waals surface area contributed by atoms with E-state index in [9.17, 15) is 18.0 Å². The Morgan fingerprint density at radius 2 is 1.72 bits per heavy atom. The molecule has 1 aliphatic rings. The molecule has 43 heavy (non-hydrogen) atoms. The third-order valence-electron chi connectivity index (χ3n) is 7.11. The second-order valence-electron chi connectivity index (χ2n) is 9.84. The van der Waals surface area contributed by atoms with Crippen molar-refractivity contribution in [2.45, 2.75) is 31.6 Å². The summed E-state index contributed by atoms with van der Waals surface area (Å²) in [6.45, 7) is 0.734. The van der Waals surface area contributed by atoms with Crippen molar-refractivity contribution in [2.75, 3.05) is 17.7 Å². The van der Waals surface area contributed by atoms with Crippen LogP contribution in [0.4, 0.5) is 30.4 Å². The Kier molecular flexibility index (Phi) is 7.67. The fraction of sp³-hybridized carbons (Fsp3) is 0.207. The van der Waals surface area contributed by atoms with E-state index in [1.807, 2.05) is 11.7 Å². The molecule has 5 aromatic rings. The van der Waals surface area contributed by atoms with Gasteiger partial charge in [-0.25, -0.2) is 9.97 Å². The number of anilines is 3. The topological polar surface area (TPSA) is 110 Å². The summed E-state index contributed by atoms with van der Waals surface area (Å²) in [7, 11) is 1.88. The summed E-state index contributed by atoms with van der Waals surface area (Å²) in [6, 6.07) is 14.8. The standard InChI is InChI=1S/C29H23Cl2F3N8O/c1-35-17-11-5-13-42-22(17)14-21(41-42)27(43)38-19-9-3-7-16(24(19)31)15-6-2-8-18(23(15)30)37-26-25-20(10-4-12-36-25)39-28(40-26)29(32,33)34/h2-4,6-10,12,14,17,35H,5,11,13H2,1H3,(H,38,43)(H,37,39,40)/t17-/m0/s1. The summed E-state index contributed by atoms with van der Waals surface area (Å²) in [5.41, 5.74) is 2.96. The van der Waals surface area contributed by atoms with E-state index in [-0.39, 0.29) is 44.3 Å². The first-order valence-electron chi connectivity index (χ1n) is 13.2. The van der Waals surface area contributed by atoms with Crippen molar-refractivity contribution in [3.63, 3.8) is 0 Å². The Morgan fingerprint density at radius 3 is 2.44 bits per heavy atom. The van der Waals surface area contributed by atoms with Gasteiger partial charge in [0, 0.05) is 29.9 Å². The molecule has 0 bridgehead atoms. The minimum absolute atomic E-state index is 0.0196. The van der Waals surface area contributed by atoms with Gasteiger partial charge in [0.25, 0.3) is 5.91 Å². The van der Waals surface area contributed by atoms with Gasteiger partial charge in [-0.05, 0) is 50.2 Å². The van der Waals surface area contributed by atoms with Crippen molar-refractivity contribution >= 4 is 57.3 Å². The number of alkyl halides is 3. The van der Waals surface area contributed by atoms with E-state index in [1.54, 1.807) is 42.5 Å². The first-order chi connectivity index (χ1) is 20.6. The average molecular weight is 627 g/mol. The predicted molar refractivity (Wildman–Crippen MR) is 159 cm³/mol. The number of aromatic nitrogens is 5. The highest BCUT2D eigenvalue weighted by Crippen LogP contribution is 2.41. The first-order valence-corrected chi connectivity index (χ1v) is 14.0. The van der Waals surface area contributed by atoms with Crippen LogP contribution in [0.25, 0.3) is 22.2 Å². The number of carbonyl (C=O) groups is 1. The number of rotatable bonds is 6. The molecule has 4 heterocycles. The minimum Gasteiger partial charge on any atom is -0.337 e. The van der Waals surface area contributed by atoms with Crippen molar-refractivity contribution in [1.29, 1.82) is 0 Å². The molecule has 0 fully saturated rings. The van der Waals surface area contributed by atoms with Crippen molar-refractivity contribution in [3.8, 4) is 11.1 Å². The molecule has 1 aliphatic heterocycles. The van der Waals surface area contributed by atoms with E-state index < -0.39 is 17.9 Å². The van der Waals surface area contributed by atoms with Gasteiger partial charge in [-0.3, -0.25) is 14.5 Å². The largest absolute Gasteiger partial charge is 0.451 e. The number of hydrogen-bond donors (Lipinski definition) is 3. The summed E-state index contributed by atoms with van der Waals surface area (Å²) in [5, 5.41) is 13.8. The molecule has 3 N–H and O–H groups in total. The number of pyridine rings is 1. The molecule has 1 atom stereocenters. The predicted octanol–water partition coefficient (Wildman–Crippen LogP) is 7.26. The molecule has 0 radical (unpaired) electrons. The Bertz CT molecular complexity index is 1860. The Balaban J connectivity index is 1.31. The summed E-state index contributed by atoms with van der Waals surface area (Å²) in [4.78, 5) is 24.6. The zero-order chi connectivity index (χ0) is 30.3. The molecule has 9 nitrogen and oxygen atoms in total. The summed E-state index contributed by atoms with van der Waals surface area (Å²) in [6.07, 6.45) is -1.43. The Labute approximate surface area is 253 Å². The molecule has 6 rings (SSSR count). The van der Waals surface area contributed by atoms with Crippen molar-refractivity contribution in [1.82, 2.24) is 30.0 Å². The zero-order valence-electron chi connectivity index (χ0n) is 22.5. The monoisotopic (exact) mass is 626 g/mol. The van der Waals surface area contributed by atoms with Crippen LogP contribution in [0.3, 0.4) is 0 Å². The number of aryl methyl sites for hydroxylation is 1. The molecule has 0 saturated carbocycles. The zero-order valence-corrected chi connectivity index (χ0v) is 24.0. The van der Waals surface area contributed by atoms with Crippen molar-refractivity contribution in [3.05, 3.63) is 88.1 Å². The van der Waals surface area contributed by atoms with Crippen LogP contribution < -0.4 is 16.0 Å². The molecular weight excluding hydrogens is 604 g/mol. The van der Waals surface area contributed by atoms with Crippen LogP contribution in [-0.2, 0) is 12.7 Å². The van der Waals surface area contributed by atoms with Gasteiger partial charge < -0.3 is 16.0 Å². The highest BCUT2D eigenvalue weighted by molar-refractivity contribution is 6.39. The number of halogens is 5. The quantitative estimate of drug-likeness (QED) is 0.182. The number of fused-ring (bicyclic) bond motifs is 2. The maximum absolute atomic E-state index is 13.5. The van der Waals surface area contributed by atoms with Crippen LogP contribution in [0.2, 0.25) is 10.0 Å². The molecule has 220 valence electrons. The molecule has 0 saturated heterocycles. The van der Waals surface area contributed by atoms with E-state index in [2.05, 4.69) is 36.0 Å². The Morgan fingerprint density at radius 1 is 1.00 bits per heavy atom. The first kappa shape index (κ1) is 28.8. The SMILES string of the molecule is CN[C@H]1CCCn2nc(C(=O)Nc3cccc(-c4cccc(Nc5nc(C(F)(F)F)nc6cccnc56)c4Cl)c3Cl)cc21. The van der Waals surface area contributed by atoms with E-state index in [0.717, 1.165) is 25.1 Å². The van der Waals surface area contributed by atoms with E-state index >= 15 is 0 Å². The molecule has 1 amide bonds. The van der Waals surface area contributed by atoms with Gasteiger partial charge in [0.1, 0.15) is 5.52 Å². The molecular formula is C29H23Cl2F3N8O. The lowest BCUT2D eigenvalue weighted by Crippen LogP contribution is -2.24. The van der Waals surface area contributed by atoms with Gasteiger partial charge in [-0.15, -0.1) is 0 Å². The van der Waals surface area contributed by atoms with Gasteiger partial charge in [0.05, 0.1) is 32.6 Å². The molecule has 0 spiro atoms. The van der Waals surface area contributed by atoms with Crippen LogP contribution in [0, 0.1) is 0 Å². The van der Waals surface area contributed by atoms with Gasteiger partial charge in [-0.2, -0.15) is 18.3 Å². The van der Waals surface area contributed by atoms with Crippen molar-refractivity contribution < 1.29 is 18.0 Å². The highest BCUT2D eigenvalue weighted by Gasteiger charge is 2.36. The molecule has 2 aromatic carbocycles. The van der Waals surface area contributed by atoms with Gasteiger partial charge in [0.2, 0.25) is 5.82 Å². The summed E-state index contributed by atoms with van der Waals surface area (Å²) < 4.78 is 42.4. The lowest BCUT2D eigenvalue weighted by molar-refractivity contribution is -0.144. The minimum atomic E-state index is -4.77. The second-order valence-corrected chi connectivity index (χ2v) is 10.6. The maximum Gasteiger partial charge on any atom is 0.451 e.